The number of methoxy groups -OCH3 is 3. The van der Waals surface area contributed by atoms with Crippen molar-refractivity contribution >= 4 is 29.4 Å². The highest BCUT2D eigenvalue weighted by atomic mass is 16.7. The van der Waals surface area contributed by atoms with E-state index in [9.17, 15) is 34.2 Å². The van der Waals surface area contributed by atoms with Crippen LogP contribution in [0.4, 0.5) is 0 Å². The van der Waals surface area contributed by atoms with E-state index in [1.54, 1.807) is 27.0 Å². The summed E-state index contributed by atoms with van der Waals surface area (Å²) in [4.78, 5) is 76.3. The van der Waals surface area contributed by atoms with Crippen molar-refractivity contribution in [1.82, 2.24) is 14.7 Å². The summed E-state index contributed by atoms with van der Waals surface area (Å²) in [5.41, 5.74) is 1.16. The molecule has 0 radical (unpaired) electrons. The first kappa shape index (κ1) is 56.6. The molecule has 4 heterocycles. The molecule has 3 saturated heterocycles. The highest BCUT2D eigenvalue weighted by Gasteiger charge is 2.56. The normalized spacial score (nSPS) is 37.7. The second-order valence-electron chi connectivity index (χ2n) is 21.0. The maximum atomic E-state index is 14.6. The number of ether oxygens (including phenoxy) is 6. The van der Waals surface area contributed by atoms with Crippen molar-refractivity contribution in [2.24, 2.45) is 29.6 Å². The Balaban J connectivity index is 1.41. The number of hydrogen-bond donors (Lipinski definition) is 2. The molecule has 390 valence electrons. The average molecular weight is 972 g/mol. The Morgan fingerprint density at radius 2 is 1.57 bits per heavy atom. The van der Waals surface area contributed by atoms with E-state index in [4.69, 9.17) is 28.4 Å². The number of aliphatic hydroxyl groups is 2. The van der Waals surface area contributed by atoms with Gasteiger partial charge < -0.3 is 53.3 Å². The Hall–Kier alpha value is -3.35. The molecule has 16 heteroatoms. The number of nitrogens with zero attached hydrogens (tertiary/aromatic N) is 3. The molecule has 0 aromatic rings. The zero-order valence-electron chi connectivity index (χ0n) is 43.1. The van der Waals surface area contributed by atoms with Gasteiger partial charge in [0.2, 0.25) is 5.79 Å². The van der Waals surface area contributed by atoms with Crippen molar-refractivity contribution in [1.29, 1.82) is 0 Å². The highest BCUT2D eigenvalue weighted by Crippen LogP contribution is 2.39. The number of carbonyl (C=O) groups excluding carboxylic acids is 5. The van der Waals surface area contributed by atoms with E-state index in [-0.39, 0.29) is 61.4 Å². The maximum absolute atomic E-state index is 14.6. The lowest BCUT2D eigenvalue weighted by molar-refractivity contribution is -0.302. The van der Waals surface area contributed by atoms with E-state index in [1.807, 2.05) is 26.0 Å². The van der Waals surface area contributed by atoms with Crippen molar-refractivity contribution in [3.05, 3.63) is 36.0 Å². The number of allylic oxidation sites excluding steroid dienone is 4. The second-order valence-corrected chi connectivity index (χ2v) is 21.0. The Labute approximate surface area is 411 Å². The number of aliphatic hydroxyl groups excluding tert-OH is 1. The lowest BCUT2D eigenvalue weighted by Gasteiger charge is -2.47. The van der Waals surface area contributed by atoms with E-state index >= 15 is 0 Å². The largest absolute Gasteiger partial charge is 0.460 e. The number of hydrogen-bond acceptors (Lipinski definition) is 15. The molecule has 2 N–H and O–H groups in total. The molecular formula is C53H85N3O13. The van der Waals surface area contributed by atoms with Crippen molar-refractivity contribution in [2.75, 3.05) is 67.6 Å². The summed E-state index contributed by atoms with van der Waals surface area (Å²) in [7, 11) is 6.78. The second kappa shape index (κ2) is 26.4. The van der Waals surface area contributed by atoms with Gasteiger partial charge in [0.15, 0.2) is 5.78 Å². The van der Waals surface area contributed by atoms with Crippen LogP contribution in [-0.4, -0.2) is 177 Å². The number of fused-ring (bicyclic) bond motifs is 3. The zero-order chi connectivity index (χ0) is 50.6. The first-order valence-corrected chi connectivity index (χ1v) is 25.7. The third-order valence-corrected chi connectivity index (χ3v) is 15.6. The number of rotatable bonds is 12. The lowest BCUT2D eigenvalue weighted by atomic mass is 9.81. The third kappa shape index (κ3) is 14.9. The van der Waals surface area contributed by atoms with Gasteiger partial charge in [-0.1, -0.05) is 45.9 Å². The fourth-order valence-electron chi connectivity index (χ4n) is 11.3. The zero-order valence-corrected chi connectivity index (χ0v) is 43.1. The number of Topliss-reactive ketones (excluding diaryl/α,β-unsaturated/α-hetero) is 2. The fourth-order valence-corrected chi connectivity index (χ4v) is 11.3. The topological polar surface area (TPSA) is 191 Å². The van der Waals surface area contributed by atoms with Gasteiger partial charge in [-0.05, 0) is 120 Å². The number of ketones is 2. The van der Waals surface area contributed by atoms with Crippen LogP contribution in [-0.2, 0) is 52.4 Å². The van der Waals surface area contributed by atoms with E-state index < -0.39 is 77.9 Å². The molecule has 4 aliphatic heterocycles. The molecule has 69 heavy (non-hydrogen) atoms. The molecule has 4 fully saturated rings. The Morgan fingerprint density at radius 1 is 0.884 bits per heavy atom. The van der Waals surface area contributed by atoms with Crippen molar-refractivity contribution in [3.8, 4) is 0 Å². The third-order valence-electron chi connectivity index (χ3n) is 15.6. The minimum atomic E-state index is -2.53. The van der Waals surface area contributed by atoms with Crippen molar-refractivity contribution in [3.63, 3.8) is 0 Å². The monoisotopic (exact) mass is 972 g/mol. The molecule has 1 amide bonds. The molecule has 5 rings (SSSR count). The smallest absolute Gasteiger partial charge is 0.329 e. The van der Waals surface area contributed by atoms with Crippen LogP contribution in [0.25, 0.3) is 0 Å². The van der Waals surface area contributed by atoms with Crippen LogP contribution in [0.2, 0.25) is 0 Å². The Morgan fingerprint density at radius 3 is 2.23 bits per heavy atom. The molecule has 0 aromatic carbocycles. The quantitative estimate of drug-likeness (QED) is 0.147. The number of carbonyl (C=O) groups is 5. The Bertz CT molecular complexity index is 1820. The van der Waals surface area contributed by atoms with Crippen LogP contribution >= 0.6 is 0 Å². The summed E-state index contributed by atoms with van der Waals surface area (Å²) in [6, 6.07) is -1.17. The number of likely N-dealkylation sites (N-methyl/N-ethyl adjacent to an activating group) is 1. The molecule has 1 aliphatic carbocycles. The fraction of sp³-hybridized carbons (Fsp3) is 0.792. The van der Waals surface area contributed by atoms with Crippen LogP contribution < -0.4 is 0 Å². The van der Waals surface area contributed by atoms with Gasteiger partial charge in [-0.3, -0.25) is 19.2 Å². The maximum Gasteiger partial charge on any atom is 0.329 e. The van der Waals surface area contributed by atoms with Crippen LogP contribution in [0.5, 0.6) is 0 Å². The lowest BCUT2D eigenvalue weighted by Crippen LogP contribution is -2.64. The molecule has 1 saturated carbocycles. The van der Waals surface area contributed by atoms with Crippen molar-refractivity contribution in [2.45, 2.75) is 173 Å². The first-order chi connectivity index (χ1) is 32.8. The number of esters is 2. The SMILES string of the molecule is C=CC/C1=C/C(C)C[C@H](C)C[C@H](OC)[C@H]2O[C@@](O)(C(=O)C(=O)N3CCCCC3C(=O)O[C@H](C(C)=C[C@@H]3CC[C@@H](OC(=O)CCCN4CCN(C)CC4)[C@H](OC)C3)[C@H](C)[C@@H](O)CC1=O)[C@H](C)C[C@@H]2OC. The molecular weight excluding hydrogens is 887 g/mol. The van der Waals surface area contributed by atoms with Gasteiger partial charge in [-0.25, -0.2) is 4.79 Å². The van der Waals surface area contributed by atoms with Crippen LogP contribution in [0.1, 0.15) is 118 Å². The number of piperidine rings is 1. The molecule has 0 spiro atoms. The number of amides is 1. The summed E-state index contributed by atoms with van der Waals surface area (Å²) in [5.74, 6) is -7.74. The van der Waals surface area contributed by atoms with Crippen LogP contribution in [0.15, 0.2) is 36.0 Å². The van der Waals surface area contributed by atoms with Gasteiger partial charge in [0.1, 0.15) is 24.4 Å². The summed E-state index contributed by atoms with van der Waals surface area (Å²) in [6.07, 6.45) is 5.93. The molecule has 14 atom stereocenters. The van der Waals surface area contributed by atoms with E-state index in [2.05, 4.69) is 30.4 Å². The van der Waals surface area contributed by atoms with E-state index in [1.165, 1.54) is 19.1 Å². The minimum Gasteiger partial charge on any atom is -0.460 e. The minimum absolute atomic E-state index is 0.0196. The molecule has 5 aliphatic rings. The summed E-state index contributed by atoms with van der Waals surface area (Å²) < 4.78 is 36.3. The Kier molecular flexibility index (Phi) is 21.6. The molecule has 2 bridgehead atoms. The van der Waals surface area contributed by atoms with Gasteiger partial charge >= 0.3 is 11.9 Å². The van der Waals surface area contributed by atoms with Gasteiger partial charge in [0.25, 0.3) is 11.7 Å². The van der Waals surface area contributed by atoms with Gasteiger partial charge in [0, 0.05) is 78.7 Å². The number of cyclic esters (lactones) is 1. The van der Waals surface area contributed by atoms with E-state index in [0.29, 0.717) is 68.9 Å². The van der Waals surface area contributed by atoms with Crippen molar-refractivity contribution < 1.29 is 62.6 Å². The van der Waals surface area contributed by atoms with Gasteiger partial charge in [-0.2, -0.15) is 0 Å². The summed E-state index contributed by atoms with van der Waals surface area (Å²) >= 11 is 0. The molecule has 16 nitrogen and oxygen atoms in total. The highest BCUT2D eigenvalue weighted by molar-refractivity contribution is 6.39. The first-order valence-electron chi connectivity index (χ1n) is 25.7. The summed E-state index contributed by atoms with van der Waals surface area (Å²) in [5, 5.41) is 24.0. The standard InChI is InChI=1S/C53H85N3O13/c1-11-15-39-27-33(2)26-34(3)28-45(65-9)49-46(66-10)30-36(5)53(63,69-49)50(60)51(61)56-21-13-12-16-40(56)52(62)68-48(37(6)41(57)32-42(39)58)35(4)29-38-18-19-43(44(31-38)64-8)67-47(59)17-14-20-55-24-22-54(7)23-25-55/h11,27,29,33-34,36-38,40-41,43-46,48-49,57,63H,1,12-26,28,30-32H2,2-10H3/b35-29?,39-27-/t33?,34-,36+,37+,38-,40?,41-,43+,44+,45-,46-,48+,49+,53+/m0/s1. The molecule has 0 aromatic heterocycles. The van der Waals surface area contributed by atoms with Gasteiger partial charge in [0.05, 0.1) is 24.4 Å². The van der Waals surface area contributed by atoms with Crippen LogP contribution in [0, 0.1) is 29.6 Å². The average Bonchev–Trinajstić information content (AvgIpc) is 3.32. The van der Waals surface area contributed by atoms with Crippen LogP contribution in [0.3, 0.4) is 0 Å². The predicted octanol–water partition coefficient (Wildman–Crippen LogP) is 5.22. The predicted molar refractivity (Wildman–Crippen MR) is 260 cm³/mol. The summed E-state index contributed by atoms with van der Waals surface area (Å²) in [6.45, 7) is 18.1. The van der Waals surface area contributed by atoms with E-state index in [0.717, 1.165) is 39.1 Å². The van der Waals surface area contributed by atoms with Gasteiger partial charge in [-0.15, -0.1) is 6.58 Å². The number of piperazine rings is 1. The molecule has 2 unspecified atom stereocenters.